The molecule has 0 unspecified atom stereocenters. The molecule has 0 aliphatic carbocycles. The van der Waals surface area contributed by atoms with Crippen LogP contribution in [0.15, 0.2) is 69.3 Å². The molecule has 0 fully saturated rings. The second-order valence-electron chi connectivity index (χ2n) is 7.07. The van der Waals surface area contributed by atoms with Crippen molar-refractivity contribution in [2.24, 2.45) is 0 Å². The van der Waals surface area contributed by atoms with Crippen LogP contribution in [0.3, 0.4) is 0 Å². The molecule has 0 amide bonds. The first kappa shape index (κ1) is 28.5. The molecule has 0 aliphatic heterocycles. The molecule has 0 spiro atoms. The summed E-state index contributed by atoms with van der Waals surface area (Å²) in [5.74, 6) is 2.86. The van der Waals surface area contributed by atoms with Gasteiger partial charge in [0.25, 0.3) is 0 Å². The molecule has 0 bridgehead atoms. The molecule has 3 aromatic rings. The molecule has 0 N–H and O–H groups in total. The maximum absolute atomic E-state index is 9.26. The zero-order valence-electron chi connectivity index (χ0n) is 21.6. The van der Waals surface area contributed by atoms with Gasteiger partial charge >= 0.3 is 0 Å². The number of carboxylic acid groups (broad SMARTS) is 1. The average molecular weight is 517 g/mol. The lowest BCUT2D eigenvalue weighted by Gasteiger charge is -2.19. The molecule has 9 heteroatoms. The summed E-state index contributed by atoms with van der Waals surface area (Å²) in [6.45, 7) is 1.54. The van der Waals surface area contributed by atoms with E-state index in [4.69, 9.17) is 28.4 Å². The number of benzene rings is 3. The van der Waals surface area contributed by atoms with Crippen LogP contribution in [0.4, 0.5) is 0 Å². The molecule has 0 saturated carbocycles. The molecule has 3 aromatic carbocycles. The monoisotopic (exact) mass is 516 g/mol. The number of methoxy groups -OCH3 is 6. The number of carbonyl (C=O) groups excluding carboxylic acids is 1. The Hall–Kier alpha value is -3.72. The Morgan fingerprint density at radius 2 is 1.00 bits per heavy atom. The van der Waals surface area contributed by atoms with E-state index in [1.807, 2.05) is 42.5 Å². The summed E-state index contributed by atoms with van der Waals surface area (Å²) >= 11 is 0. The number of hydrogen-bond acceptors (Lipinski definition) is 8. The largest absolute Gasteiger partial charge is 0.550 e. The van der Waals surface area contributed by atoms with E-state index in [0.29, 0.717) is 34.5 Å². The SMILES string of the molecule is CCC(=O)[O-].COc1cc(OC)c([S+](c2ccccc2)c2c(OC)cc(OC)cc2OC)c(OC)c1. The molecular formula is C27H32O8S. The van der Waals surface area contributed by atoms with Crippen LogP contribution in [0.25, 0.3) is 0 Å². The van der Waals surface area contributed by atoms with Gasteiger partial charge in [-0.1, -0.05) is 25.1 Å². The Morgan fingerprint density at radius 1 is 0.667 bits per heavy atom. The number of aliphatic carboxylic acids is 1. The molecule has 3 rings (SSSR count). The molecule has 0 radical (unpaired) electrons. The van der Waals surface area contributed by atoms with Gasteiger partial charge in [-0.3, -0.25) is 0 Å². The van der Waals surface area contributed by atoms with Gasteiger partial charge < -0.3 is 38.3 Å². The maximum atomic E-state index is 9.26. The summed E-state index contributed by atoms with van der Waals surface area (Å²) in [6, 6.07) is 17.5. The lowest BCUT2D eigenvalue weighted by Crippen LogP contribution is -2.19. The van der Waals surface area contributed by atoms with Crippen molar-refractivity contribution < 1.29 is 38.3 Å². The van der Waals surface area contributed by atoms with Gasteiger partial charge in [-0.25, -0.2) is 0 Å². The van der Waals surface area contributed by atoms with Crippen LogP contribution in [-0.2, 0) is 15.7 Å². The summed E-state index contributed by atoms with van der Waals surface area (Å²) in [5.41, 5.74) is 0. The van der Waals surface area contributed by atoms with Crippen LogP contribution < -0.4 is 33.5 Å². The van der Waals surface area contributed by atoms with Crippen molar-refractivity contribution in [3.05, 3.63) is 54.6 Å². The normalized spacial score (nSPS) is 10.1. The Kier molecular flexibility index (Phi) is 11.1. The third kappa shape index (κ3) is 6.69. The lowest BCUT2D eigenvalue weighted by molar-refractivity contribution is -0.305. The van der Waals surface area contributed by atoms with Crippen molar-refractivity contribution in [1.82, 2.24) is 0 Å². The highest BCUT2D eigenvalue weighted by Gasteiger charge is 2.42. The van der Waals surface area contributed by atoms with E-state index in [9.17, 15) is 9.90 Å². The molecule has 0 aromatic heterocycles. The summed E-state index contributed by atoms with van der Waals surface area (Å²) < 4.78 is 34.0. The highest BCUT2D eigenvalue weighted by Crippen LogP contribution is 2.50. The first-order chi connectivity index (χ1) is 17.4. The summed E-state index contributed by atoms with van der Waals surface area (Å²) in [6.07, 6.45) is 0.111. The minimum atomic E-state index is -0.995. The molecular weight excluding hydrogens is 484 g/mol. The van der Waals surface area contributed by atoms with Gasteiger partial charge in [0.1, 0.15) is 22.4 Å². The second kappa shape index (κ2) is 14.0. The zero-order chi connectivity index (χ0) is 26.7. The Morgan fingerprint density at radius 3 is 1.25 bits per heavy atom. The zero-order valence-corrected chi connectivity index (χ0v) is 22.4. The first-order valence-electron chi connectivity index (χ1n) is 11.0. The third-order valence-corrected chi connectivity index (χ3v) is 7.38. The van der Waals surface area contributed by atoms with Gasteiger partial charge in [-0.05, 0) is 18.6 Å². The molecule has 0 heterocycles. The standard InChI is InChI=1S/C24H27O6S.C3H6O2/c1-25-16-12-19(27-3)23(20(13-16)28-4)31(18-10-8-7-9-11-18)24-21(29-5)14-17(26-2)15-22(24)30-6;1-2-3(4)5/h7-15H,1-6H3;2H2,1H3,(H,4,5)/q+1;/p-1. The van der Waals surface area contributed by atoms with E-state index in [-0.39, 0.29) is 6.42 Å². The van der Waals surface area contributed by atoms with Gasteiger partial charge in [0.2, 0.25) is 9.79 Å². The Bertz CT molecular complexity index is 1020. The quantitative estimate of drug-likeness (QED) is 0.374. The highest BCUT2D eigenvalue weighted by molar-refractivity contribution is 7.97. The molecule has 194 valence electrons. The fraction of sp³-hybridized carbons (Fsp3) is 0.296. The first-order valence-corrected chi connectivity index (χ1v) is 12.2. The van der Waals surface area contributed by atoms with Gasteiger partial charge in [0, 0.05) is 30.2 Å². The van der Waals surface area contributed by atoms with Gasteiger partial charge in [-0.15, -0.1) is 0 Å². The molecule has 8 nitrogen and oxygen atoms in total. The second-order valence-corrected chi connectivity index (χ2v) is 8.97. The third-order valence-electron chi connectivity index (χ3n) is 5.02. The Balaban J connectivity index is 0.000000830. The fourth-order valence-corrected chi connectivity index (χ4v) is 5.72. The van der Waals surface area contributed by atoms with Crippen molar-refractivity contribution in [2.75, 3.05) is 42.7 Å². The van der Waals surface area contributed by atoms with Crippen LogP contribution in [0, 0.1) is 0 Å². The van der Waals surface area contributed by atoms with Gasteiger partial charge in [0.15, 0.2) is 27.9 Å². The van der Waals surface area contributed by atoms with Crippen LogP contribution in [0.5, 0.6) is 34.5 Å². The van der Waals surface area contributed by atoms with Crippen LogP contribution in [0.1, 0.15) is 13.3 Å². The summed E-state index contributed by atoms with van der Waals surface area (Å²) in [4.78, 5) is 12.0. The topological polar surface area (TPSA) is 95.5 Å². The van der Waals surface area contributed by atoms with Crippen molar-refractivity contribution in [3.63, 3.8) is 0 Å². The van der Waals surface area contributed by atoms with Crippen molar-refractivity contribution in [3.8, 4) is 34.5 Å². The van der Waals surface area contributed by atoms with Gasteiger partial charge in [0.05, 0.1) is 42.7 Å². The lowest BCUT2D eigenvalue weighted by atomic mass is 10.3. The predicted octanol–water partition coefficient (Wildman–Crippen LogP) is 3.98. The number of ether oxygens (including phenoxy) is 6. The van der Waals surface area contributed by atoms with E-state index in [0.717, 1.165) is 14.7 Å². The van der Waals surface area contributed by atoms with E-state index in [1.54, 1.807) is 42.7 Å². The molecule has 0 aliphatic rings. The molecule has 0 saturated heterocycles. The minimum absolute atomic E-state index is 0.111. The van der Waals surface area contributed by atoms with Crippen molar-refractivity contribution in [1.29, 1.82) is 0 Å². The molecule has 36 heavy (non-hydrogen) atoms. The van der Waals surface area contributed by atoms with Crippen molar-refractivity contribution >= 4 is 16.9 Å². The van der Waals surface area contributed by atoms with Crippen molar-refractivity contribution in [2.45, 2.75) is 28.0 Å². The number of carboxylic acids is 1. The van der Waals surface area contributed by atoms with Gasteiger partial charge in [-0.2, -0.15) is 0 Å². The predicted molar refractivity (Wildman–Crippen MR) is 136 cm³/mol. The van der Waals surface area contributed by atoms with E-state index in [1.165, 1.54) is 6.92 Å². The smallest absolute Gasteiger partial charge is 0.250 e. The minimum Gasteiger partial charge on any atom is -0.550 e. The summed E-state index contributed by atoms with van der Waals surface area (Å²) in [7, 11) is 9.06. The van der Waals surface area contributed by atoms with Crippen LogP contribution in [-0.4, -0.2) is 48.6 Å². The van der Waals surface area contributed by atoms with E-state index < -0.39 is 16.9 Å². The maximum Gasteiger partial charge on any atom is 0.250 e. The number of rotatable bonds is 10. The summed E-state index contributed by atoms with van der Waals surface area (Å²) in [5, 5.41) is 9.26. The van der Waals surface area contributed by atoms with Crippen LogP contribution >= 0.6 is 0 Å². The average Bonchev–Trinajstić information content (AvgIpc) is 2.93. The Labute approximate surface area is 215 Å². The van der Waals surface area contributed by atoms with E-state index >= 15 is 0 Å². The highest BCUT2D eigenvalue weighted by atomic mass is 32.2. The van der Waals surface area contributed by atoms with E-state index in [2.05, 4.69) is 12.1 Å². The number of hydrogen-bond donors (Lipinski definition) is 0. The molecule has 0 atom stereocenters. The number of carbonyl (C=O) groups is 1. The fourth-order valence-electron chi connectivity index (χ4n) is 3.24. The van der Waals surface area contributed by atoms with Crippen LogP contribution in [0.2, 0.25) is 0 Å².